The van der Waals surface area contributed by atoms with E-state index in [1.807, 2.05) is 48.5 Å². The molecule has 1 heterocycles. The summed E-state index contributed by atoms with van der Waals surface area (Å²) in [4.78, 5) is 12.2. The quantitative estimate of drug-likeness (QED) is 0.682. The van der Waals surface area contributed by atoms with Crippen molar-refractivity contribution in [2.24, 2.45) is 0 Å². The molecule has 2 aromatic carbocycles. The Hall–Kier alpha value is -2.33. The molecule has 0 N–H and O–H groups in total. The lowest BCUT2D eigenvalue weighted by molar-refractivity contribution is 0.103. The monoisotopic (exact) mass is 266 g/mol. The van der Waals surface area contributed by atoms with Crippen molar-refractivity contribution in [2.75, 3.05) is 0 Å². The van der Waals surface area contributed by atoms with Crippen LogP contribution in [0.1, 0.15) is 15.4 Å². The average molecular weight is 266 g/mol. The maximum absolute atomic E-state index is 12.2. The van der Waals surface area contributed by atoms with E-state index in [4.69, 9.17) is 0 Å². The molecular formula is C15H10N2OS. The largest absolute Gasteiger partial charge is 0.286 e. The maximum atomic E-state index is 12.2. The minimum absolute atomic E-state index is 0.0831. The number of hydrogen-bond acceptors (Lipinski definition) is 4. The molecule has 92 valence electrons. The lowest BCUT2D eigenvalue weighted by atomic mass is 10.1. The molecule has 4 heteroatoms. The number of rotatable bonds is 3. The first-order valence-electron chi connectivity index (χ1n) is 5.83. The van der Waals surface area contributed by atoms with E-state index in [0.29, 0.717) is 10.6 Å². The van der Waals surface area contributed by atoms with Gasteiger partial charge in [0.2, 0.25) is 5.78 Å². The van der Waals surface area contributed by atoms with Gasteiger partial charge in [0.05, 0.1) is 0 Å². The SMILES string of the molecule is O=C(c1ccccc1)c1nnc(-c2ccccc2)s1. The molecule has 0 bridgehead atoms. The molecule has 0 spiro atoms. The topological polar surface area (TPSA) is 42.9 Å². The number of hydrogen-bond donors (Lipinski definition) is 0. The molecule has 0 atom stereocenters. The van der Waals surface area contributed by atoms with Gasteiger partial charge in [-0.05, 0) is 0 Å². The minimum Gasteiger partial charge on any atom is -0.286 e. The number of aromatic nitrogens is 2. The Labute approximate surface area is 114 Å². The molecule has 0 saturated carbocycles. The Morgan fingerprint density at radius 2 is 1.47 bits per heavy atom. The molecule has 0 unspecified atom stereocenters. The Bertz CT molecular complexity index is 692. The van der Waals surface area contributed by atoms with Crippen LogP contribution in [-0.2, 0) is 0 Å². The van der Waals surface area contributed by atoms with Crippen LogP contribution in [0.5, 0.6) is 0 Å². The third-order valence-corrected chi connectivity index (χ3v) is 3.65. The van der Waals surface area contributed by atoms with Gasteiger partial charge >= 0.3 is 0 Å². The van der Waals surface area contributed by atoms with Gasteiger partial charge in [0.25, 0.3) is 0 Å². The van der Waals surface area contributed by atoms with Crippen LogP contribution in [0.25, 0.3) is 10.6 Å². The van der Waals surface area contributed by atoms with Crippen LogP contribution >= 0.6 is 11.3 Å². The molecule has 3 aromatic rings. The van der Waals surface area contributed by atoms with Gasteiger partial charge in [-0.1, -0.05) is 72.0 Å². The van der Waals surface area contributed by atoms with Crippen molar-refractivity contribution in [3.8, 4) is 10.6 Å². The molecule has 0 aliphatic carbocycles. The number of carbonyl (C=O) groups is 1. The van der Waals surface area contributed by atoms with Crippen molar-refractivity contribution < 1.29 is 4.79 Å². The van der Waals surface area contributed by atoms with Crippen molar-refractivity contribution in [3.63, 3.8) is 0 Å². The molecule has 0 saturated heterocycles. The van der Waals surface area contributed by atoms with E-state index in [9.17, 15) is 4.79 Å². The van der Waals surface area contributed by atoms with Crippen LogP contribution in [0, 0.1) is 0 Å². The van der Waals surface area contributed by atoms with E-state index in [2.05, 4.69) is 10.2 Å². The van der Waals surface area contributed by atoms with Gasteiger partial charge in [0.1, 0.15) is 5.01 Å². The Balaban J connectivity index is 1.92. The first-order chi connectivity index (χ1) is 9.34. The first kappa shape index (κ1) is 11.7. The van der Waals surface area contributed by atoms with Gasteiger partial charge in [-0.25, -0.2) is 0 Å². The predicted octanol–water partition coefficient (Wildman–Crippen LogP) is 3.44. The van der Waals surface area contributed by atoms with Crippen molar-refractivity contribution in [1.82, 2.24) is 10.2 Å². The van der Waals surface area contributed by atoms with Crippen molar-refractivity contribution in [1.29, 1.82) is 0 Å². The van der Waals surface area contributed by atoms with Gasteiger partial charge in [0.15, 0.2) is 5.01 Å². The van der Waals surface area contributed by atoms with Crippen molar-refractivity contribution in [3.05, 3.63) is 71.2 Å². The van der Waals surface area contributed by atoms with Gasteiger partial charge in [-0.3, -0.25) is 4.79 Å². The van der Waals surface area contributed by atoms with E-state index in [1.165, 1.54) is 11.3 Å². The smallest absolute Gasteiger partial charge is 0.223 e. The van der Waals surface area contributed by atoms with E-state index in [0.717, 1.165) is 10.6 Å². The third-order valence-electron chi connectivity index (χ3n) is 2.68. The fourth-order valence-electron chi connectivity index (χ4n) is 1.73. The highest BCUT2D eigenvalue weighted by atomic mass is 32.1. The molecule has 1 aromatic heterocycles. The Morgan fingerprint density at radius 1 is 0.842 bits per heavy atom. The second kappa shape index (κ2) is 5.12. The molecular weight excluding hydrogens is 256 g/mol. The van der Waals surface area contributed by atoms with Gasteiger partial charge in [-0.2, -0.15) is 0 Å². The lowest BCUT2D eigenvalue weighted by Crippen LogP contribution is -1.99. The number of benzene rings is 2. The van der Waals surface area contributed by atoms with Gasteiger partial charge in [-0.15, -0.1) is 10.2 Å². The molecule has 0 amide bonds. The van der Waals surface area contributed by atoms with Crippen LogP contribution < -0.4 is 0 Å². The Kier molecular flexibility index (Phi) is 3.16. The number of ketones is 1. The summed E-state index contributed by atoms with van der Waals surface area (Å²) < 4.78 is 0. The summed E-state index contributed by atoms with van der Waals surface area (Å²) in [6, 6.07) is 18.9. The van der Waals surface area contributed by atoms with Crippen molar-refractivity contribution >= 4 is 17.1 Å². The summed E-state index contributed by atoms with van der Waals surface area (Å²) in [6.07, 6.45) is 0. The molecule has 0 aliphatic rings. The van der Waals surface area contributed by atoms with Crippen LogP contribution in [0.4, 0.5) is 0 Å². The second-order valence-electron chi connectivity index (χ2n) is 3.97. The molecule has 0 radical (unpaired) electrons. The second-order valence-corrected chi connectivity index (χ2v) is 4.95. The summed E-state index contributed by atoms with van der Waals surface area (Å²) in [5.41, 5.74) is 1.62. The first-order valence-corrected chi connectivity index (χ1v) is 6.65. The van der Waals surface area contributed by atoms with E-state index in [1.54, 1.807) is 12.1 Å². The van der Waals surface area contributed by atoms with Crippen LogP contribution in [0.3, 0.4) is 0 Å². The number of carbonyl (C=O) groups excluding carboxylic acids is 1. The summed E-state index contributed by atoms with van der Waals surface area (Å²) in [6.45, 7) is 0. The third kappa shape index (κ3) is 2.44. The summed E-state index contributed by atoms with van der Waals surface area (Å²) in [5, 5.41) is 9.25. The maximum Gasteiger partial charge on any atom is 0.223 e. The average Bonchev–Trinajstić information content (AvgIpc) is 2.98. The Morgan fingerprint density at radius 3 is 2.16 bits per heavy atom. The van der Waals surface area contributed by atoms with Crippen molar-refractivity contribution in [2.45, 2.75) is 0 Å². The minimum atomic E-state index is -0.0831. The molecule has 19 heavy (non-hydrogen) atoms. The molecule has 0 aliphatic heterocycles. The van der Waals surface area contributed by atoms with Crippen LogP contribution in [0.2, 0.25) is 0 Å². The molecule has 0 fully saturated rings. The van der Waals surface area contributed by atoms with E-state index < -0.39 is 0 Å². The summed E-state index contributed by atoms with van der Waals surface area (Å²) in [7, 11) is 0. The highest BCUT2D eigenvalue weighted by Crippen LogP contribution is 2.24. The zero-order valence-corrected chi connectivity index (χ0v) is 10.8. The standard InChI is InChI=1S/C15H10N2OS/c18-13(11-7-3-1-4-8-11)15-17-16-14(19-15)12-9-5-2-6-10-12/h1-10H. The zero-order chi connectivity index (χ0) is 13.1. The highest BCUT2D eigenvalue weighted by molar-refractivity contribution is 7.16. The van der Waals surface area contributed by atoms with Crippen LogP contribution in [-0.4, -0.2) is 16.0 Å². The van der Waals surface area contributed by atoms with Crippen LogP contribution in [0.15, 0.2) is 60.7 Å². The number of nitrogens with zero attached hydrogens (tertiary/aromatic N) is 2. The van der Waals surface area contributed by atoms with Gasteiger partial charge in [0, 0.05) is 11.1 Å². The lowest BCUT2D eigenvalue weighted by Gasteiger charge is -1.94. The predicted molar refractivity (Wildman–Crippen MR) is 75.2 cm³/mol. The summed E-state index contributed by atoms with van der Waals surface area (Å²) in [5.74, 6) is -0.0831. The fourth-order valence-corrected chi connectivity index (χ4v) is 2.54. The highest BCUT2D eigenvalue weighted by Gasteiger charge is 2.15. The van der Waals surface area contributed by atoms with E-state index >= 15 is 0 Å². The summed E-state index contributed by atoms with van der Waals surface area (Å²) >= 11 is 1.32. The molecule has 3 nitrogen and oxygen atoms in total. The normalized spacial score (nSPS) is 10.3. The van der Waals surface area contributed by atoms with Gasteiger partial charge < -0.3 is 0 Å². The fraction of sp³-hybridized carbons (Fsp3) is 0. The van der Waals surface area contributed by atoms with E-state index in [-0.39, 0.29) is 5.78 Å². The molecule has 3 rings (SSSR count). The zero-order valence-electron chi connectivity index (χ0n) is 9.98.